The summed E-state index contributed by atoms with van der Waals surface area (Å²) in [5.74, 6) is 2.22. The topological polar surface area (TPSA) is 41.9 Å². The maximum Gasteiger partial charge on any atom is 0.231 e. The predicted octanol–water partition coefficient (Wildman–Crippen LogP) is 2.96. The Balaban J connectivity index is 1.64. The van der Waals surface area contributed by atoms with Crippen LogP contribution in [0.3, 0.4) is 0 Å². The molecule has 0 amide bonds. The van der Waals surface area contributed by atoms with Gasteiger partial charge in [-0.2, -0.15) is 0 Å². The average Bonchev–Trinajstić information content (AvgIpc) is 2.94. The number of benzene rings is 1. The average molecular weight is 291 g/mol. The highest BCUT2D eigenvalue weighted by atomic mass is 16.7. The maximum absolute atomic E-state index is 10.5. The van der Waals surface area contributed by atoms with Crippen molar-refractivity contribution >= 4 is 0 Å². The lowest BCUT2D eigenvalue weighted by molar-refractivity contribution is 0.0709. The van der Waals surface area contributed by atoms with Gasteiger partial charge in [-0.3, -0.25) is 0 Å². The lowest BCUT2D eigenvalue weighted by Gasteiger charge is -2.37. The summed E-state index contributed by atoms with van der Waals surface area (Å²) in [6, 6.07) is 6.29. The quantitative estimate of drug-likeness (QED) is 0.926. The first-order chi connectivity index (χ1) is 10.1. The van der Waals surface area contributed by atoms with E-state index in [-0.39, 0.29) is 6.79 Å². The van der Waals surface area contributed by atoms with E-state index in [1.807, 2.05) is 18.2 Å². The largest absolute Gasteiger partial charge is 0.454 e. The second-order valence-electron chi connectivity index (χ2n) is 6.40. The highest BCUT2D eigenvalue weighted by Crippen LogP contribution is 2.35. The minimum Gasteiger partial charge on any atom is -0.454 e. The summed E-state index contributed by atoms with van der Waals surface area (Å²) >= 11 is 0. The molecular formula is C17H25NO3. The van der Waals surface area contributed by atoms with Gasteiger partial charge in [0.05, 0.1) is 6.10 Å². The van der Waals surface area contributed by atoms with Gasteiger partial charge in [0.15, 0.2) is 11.5 Å². The van der Waals surface area contributed by atoms with Crippen LogP contribution in [-0.4, -0.2) is 36.4 Å². The summed E-state index contributed by atoms with van der Waals surface area (Å²) in [6.07, 6.45) is 4.70. The highest BCUT2D eigenvalue weighted by molar-refractivity contribution is 5.45. The number of ether oxygens (including phenoxy) is 2. The van der Waals surface area contributed by atoms with Crippen LogP contribution in [0.2, 0.25) is 0 Å². The van der Waals surface area contributed by atoms with Gasteiger partial charge >= 0.3 is 0 Å². The fourth-order valence-electron chi connectivity index (χ4n) is 3.59. The summed E-state index contributed by atoms with van der Waals surface area (Å²) in [4.78, 5) is 2.32. The molecule has 116 valence electrons. The van der Waals surface area contributed by atoms with Crippen LogP contribution < -0.4 is 9.47 Å². The Bertz CT molecular complexity index is 491. The summed E-state index contributed by atoms with van der Waals surface area (Å²) in [5.41, 5.74) is 0.898. The van der Waals surface area contributed by atoms with Gasteiger partial charge in [-0.15, -0.1) is 0 Å². The van der Waals surface area contributed by atoms with Crippen molar-refractivity contribution in [2.24, 2.45) is 5.92 Å². The zero-order valence-corrected chi connectivity index (χ0v) is 12.9. The molecule has 1 heterocycles. The minimum absolute atomic E-state index is 0.272. The molecule has 1 aromatic rings. The molecule has 0 saturated heterocycles. The van der Waals surface area contributed by atoms with Crippen molar-refractivity contribution in [2.75, 3.05) is 20.4 Å². The van der Waals surface area contributed by atoms with Gasteiger partial charge < -0.3 is 19.5 Å². The van der Waals surface area contributed by atoms with Crippen LogP contribution in [0.5, 0.6) is 11.5 Å². The molecule has 4 heteroatoms. The van der Waals surface area contributed by atoms with Gasteiger partial charge in [-0.25, -0.2) is 0 Å². The molecule has 1 fully saturated rings. The van der Waals surface area contributed by atoms with E-state index in [9.17, 15) is 5.11 Å². The van der Waals surface area contributed by atoms with E-state index >= 15 is 0 Å². The first kappa shape index (κ1) is 14.7. The Hall–Kier alpha value is -1.26. The lowest BCUT2D eigenvalue weighted by Crippen LogP contribution is -2.41. The fourth-order valence-corrected chi connectivity index (χ4v) is 3.59. The van der Waals surface area contributed by atoms with Gasteiger partial charge in [0.2, 0.25) is 6.79 Å². The second kappa shape index (κ2) is 6.24. The highest BCUT2D eigenvalue weighted by Gasteiger charge is 2.26. The number of fused-ring (bicyclic) bond motifs is 1. The van der Waals surface area contributed by atoms with Crippen molar-refractivity contribution in [1.29, 1.82) is 0 Å². The standard InChI is InChI=1S/C17H25NO3/c1-12-5-3-4-6-14(12)18(2)10-15(19)13-7-8-16-17(9-13)21-11-20-16/h7-9,12,14-15,19H,3-6,10-11H2,1-2H3. The molecule has 0 bridgehead atoms. The first-order valence-electron chi connectivity index (χ1n) is 7.93. The third-order valence-electron chi connectivity index (χ3n) is 4.87. The third-order valence-corrected chi connectivity index (χ3v) is 4.87. The van der Waals surface area contributed by atoms with E-state index in [1.54, 1.807) is 0 Å². The summed E-state index contributed by atoms with van der Waals surface area (Å²) in [7, 11) is 2.13. The predicted molar refractivity (Wildman–Crippen MR) is 81.6 cm³/mol. The molecule has 3 unspecified atom stereocenters. The molecular weight excluding hydrogens is 266 g/mol. The molecule has 4 nitrogen and oxygen atoms in total. The Kier molecular flexibility index (Phi) is 4.36. The van der Waals surface area contributed by atoms with Crippen LogP contribution in [0.15, 0.2) is 18.2 Å². The molecule has 1 aliphatic heterocycles. The summed E-state index contributed by atoms with van der Waals surface area (Å²) in [5, 5.41) is 10.5. The molecule has 21 heavy (non-hydrogen) atoms. The molecule has 1 aliphatic carbocycles. The number of aliphatic hydroxyl groups excluding tert-OH is 1. The van der Waals surface area contributed by atoms with Crippen molar-refractivity contribution in [1.82, 2.24) is 4.90 Å². The van der Waals surface area contributed by atoms with E-state index < -0.39 is 6.10 Å². The zero-order valence-electron chi connectivity index (χ0n) is 12.9. The lowest BCUT2D eigenvalue weighted by atomic mass is 9.85. The van der Waals surface area contributed by atoms with Crippen LogP contribution in [0.1, 0.15) is 44.3 Å². The van der Waals surface area contributed by atoms with E-state index in [0.717, 1.165) is 17.1 Å². The van der Waals surface area contributed by atoms with Crippen molar-refractivity contribution in [3.63, 3.8) is 0 Å². The van der Waals surface area contributed by atoms with Crippen molar-refractivity contribution in [2.45, 2.75) is 44.8 Å². The summed E-state index contributed by atoms with van der Waals surface area (Å²) < 4.78 is 10.7. The molecule has 0 radical (unpaired) electrons. The number of rotatable bonds is 4. The van der Waals surface area contributed by atoms with Gasteiger partial charge in [0, 0.05) is 12.6 Å². The van der Waals surface area contributed by atoms with Gasteiger partial charge in [-0.05, 0) is 43.5 Å². The zero-order chi connectivity index (χ0) is 14.8. The number of aliphatic hydroxyl groups is 1. The van der Waals surface area contributed by atoms with Crippen LogP contribution in [0.25, 0.3) is 0 Å². The number of nitrogens with zero attached hydrogens (tertiary/aromatic N) is 1. The Morgan fingerprint density at radius 2 is 2.00 bits per heavy atom. The van der Waals surface area contributed by atoms with Crippen molar-refractivity contribution < 1.29 is 14.6 Å². The fraction of sp³-hybridized carbons (Fsp3) is 0.647. The van der Waals surface area contributed by atoms with Crippen molar-refractivity contribution in [3.05, 3.63) is 23.8 Å². The van der Waals surface area contributed by atoms with E-state index in [0.29, 0.717) is 18.5 Å². The number of hydrogen-bond acceptors (Lipinski definition) is 4. The molecule has 3 atom stereocenters. The molecule has 1 N–H and O–H groups in total. The van der Waals surface area contributed by atoms with Crippen LogP contribution in [0.4, 0.5) is 0 Å². The van der Waals surface area contributed by atoms with Crippen molar-refractivity contribution in [3.8, 4) is 11.5 Å². The molecule has 0 aromatic heterocycles. The molecule has 2 aliphatic rings. The SMILES string of the molecule is CC1CCCCC1N(C)CC(O)c1ccc2c(c1)OCO2. The Morgan fingerprint density at radius 3 is 2.81 bits per heavy atom. The molecule has 1 aromatic carbocycles. The Labute approximate surface area is 126 Å². The maximum atomic E-state index is 10.5. The molecule has 3 rings (SSSR count). The van der Waals surface area contributed by atoms with E-state index in [2.05, 4.69) is 18.9 Å². The van der Waals surface area contributed by atoms with E-state index in [4.69, 9.17) is 9.47 Å². The normalized spacial score (nSPS) is 26.1. The third kappa shape index (κ3) is 3.16. The van der Waals surface area contributed by atoms with Crippen LogP contribution >= 0.6 is 0 Å². The molecule has 1 saturated carbocycles. The van der Waals surface area contributed by atoms with Crippen LogP contribution in [-0.2, 0) is 0 Å². The smallest absolute Gasteiger partial charge is 0.231 e. The number of hydrogen-bond donors (Lipinski definition) is 1. The number of likely N-dealkylation sites (N-methyl/N-ethyl adjacent to an activating group) is 1. The van der Waals surface area contributed by atoms with Gasteiger partial charge in [0.25, 0.3) is 0 Å². The Morgan fingerprint density at radius 1 is 1.24 bits per heavy atom. The minimum atomic E-state index is -0.487. The second-order valence-corrected chi connectivity index (χ2v) is 6.40. The van der Waals surface area contributed by atoms with Crippen LogP contribution in [0, 0.1) is 5.92 Å². The first-order valence-corrected chi connectivity index (χ1v) is 7.93. The van der Waals surface area contributed by atoms with Gasteiger partial charge in [-0.1, -0.05) is 25.8 Å². The molecule has 0 spiro atoms. The van der Waals surface area contributed by atoms with E-state index in [1.165, 1.54) is 25.7 Å². The summed E-state index contributed by atoms with van der Waals surface area (Å²) in [6.45, 7) is 3.26. The van der Waals surface area contributed by atoms with Gasteiger partial charge in [0.1, 0.15) is 0 Å². The monoisotopic (exact) mass is 291 g/mol.